The summed E-state index contributed by atoms with van der Waals surface area (Å²) in [5.41, 5.74) is 0.136. The second-order valence-electron chi connectivity index (χ2n) is 5.24. The first-order valence-corrected chi connectivity index (χ1v) is 6.22. The molecule has 1 saturated carbocycles. The average Bonchev–Trinajstić information content (AvgIpc) is 2.30. The van der Waals surface area contributed by atoms with Crippen molar-refractivity contribution in [2.24, 2.45) is 11.3 Å². The van der Waals surface area contributed by atoms with E-state index in [0.29, 0.717) is 19.1 Å². The molecule has 0 heterocycles. The van der Waals surface area contributed by atoms with Crippen molar-refractivity contribution in [1.29, 1.82) is 10.5 Å². The van der Waals surface area contributed by atoms with E-state index in [1.165, 1.54) is 0 Å². The second-order valence-corrected chi connectivity index (χ2v) is 5.24. The van der Waals surface area contributed by atoms with Gasteiger partial charge in [0.15, 0.2) is 0 Å². The van der Waals surface area contributed by atoms with Gasteiger partial charge in [0.25, 0.3) is 12.5 Å². The number of hydrogen-bond acceptors (Lipinski definition) is 4. The first-order chi connectivity index (χ1) is 8.20. The molecule has 0 radical (unpaired) electrons. The van der Waals surface area contributed by atoms with Gasteiger partial charge in [-0.15, -0.1) is 0 Å². The van der Waals surface area contributed by atoms with Crippen molar-refractivity contribution in [3.05, 3.63) is 0 Å². The molecule has 0 unspecified atom stereocenters. The van der Waals surface area contributed by atoms with Gasteiger partial charge in [-0.05, 0) is 31.6 Å². The van der Waals surface area contributed by atoms with Crippen molar-refractivity contribution in [2.45, 2.75) is 45.4 Å². The summed E-state index contributed by atoms with van der Waals surface area (Å²) in [6.45, 7) is 3.28. The summed E-state index contributed by atoms with van der Waals surface area (Å²) in [4.78, 5) is 0. The lowest BCUT2D eigenvalue weighted by Crippen LogP contribution is -2.25. The first kappa shape index (κ1) is 13.6. The molecule has 1 aliphatic rings. The van der Waals surface area contributed by atoms with Crippen LogP contribution in [0, 0.1) is 34.4 Å². The number of ether oxygens (including phenoxy) is 2. The van der Waals surface area contributed by atoms with E-state index < -0.39 is 0 Å². The summed E-state index contributed by atoms with van der Waals surface area (Å²) in [7, 11) is 0. The quantitative estimate of drug-likeness (QED) is 0.704. The first-order valence-electron chi connectivity index (χ1n) is 6.22. The SMILES string of the molecule is CC1(COC#N)CCCC(COC#N)CCC1. The summed E-state index contributed by atoms with van der Waals surface area (Å²) < 4.78 is 9.73. The highest BCUT2D eigenvalue weighted by Gasteiger charge is 2.27. The summed E-state index contributed by atoms with van der Waals surface area (Å²) in [6, 6.07) is 0. The van der Waals surface area contributed by atoms with E-state index in [9.17, 15) is 0 Å². The summed E-state index contributed by atoms with van der Waals surface area (Å²) >= 11 is 0. The molecule has 0 aromatic carbocycles. The van der Waals surface area contributed by atoms with Gasteiger partial charge in [-0.2, -0.15) is 10.5 Å². The van der Waals surface area contributed by atoms with Crippen LogP contribution in [0.2, 0.25) is 0 Å². The van der Waals surface area contributed by atoms with Gasteiger partial charge in [-0.3, -0.25) is 0 Å². The fourth-order valence-corrected chi connectivity index (χ4v) is 2.58. The van der Waals surface area contributed by atoms with Crippen LogP contribution in [-0.2, 0) is 9.47 Å². The molecule has 0 N–H and O–H groups in total. The number of nitriles is 2. The van der Waals surface area contributed by atoms with E-state index in [4.69, 9.17) is 20.0 Å². The molecule has 4 nitrogen and oxygen atoms in total. The molecule has 0 saturated heterocycles. The van der Waals surface area contributed by atoms with Gasteiger partial charge in [-0.25, -0.2) is 0 Å². The molecular weight excluding hydrogens is 216 g/mol. The molecule has 0 aromatic heterocycles. The Labute approximate surface area is 103 Å². The predicted octanol–water partition coefficient (Wildman–Crippen LogP) is 2.96. The van der Waals surface area contributed by atoms with Crippen molar-refractivity contribution < 1.29 is 9.47 Å². The number of nitrogens with zero attached hydrogens (tertiary/aromatic N) is 2. The highest BCUT2D eigenvalue weighted by Crippen LogP contribution is 2.35. The largest absolute Gasteiger partial charge is 0.427 e. The molecule has 0 amide bonds. The highest BCUT2D eigenvalue weighted by molar-refractivity contribution is 4.79. The molecule has 1 rings (SSSR count). The molecule has 0 aromatic rings. The molecule has 4 heteroatoms. The summed E-state index contributed by atoms with van der Waals surface area (Å²) in [5, 5.41) is 16.8. The minimum absolute atomic E-state index is 0.136. The van der Waals surface area contributed by atoms with Crippen molar-refractivity contribution in [3.63, 3.8) is 0 Å². The standard InChI is InChI=1S/C13H20N2O2/c1-13(9-17-11-15)6-2-4-12(5-3-7-13)8-16-10-14/h12H,2-9H2,1H3. The normalized spacial score (nSPS) is 29.2. The van der Waals surface area contributed by atoms with E-state index in [-0.39, 0.29) is 5.41 Å². The van der Waals surface area contributed by atoms with Crippen LogP contribution in [0.4, 0.5) is 0 Å². The topological polar surface area (TPSA) is 66.0 Å². The predicted molar refractivity (Wildman–Crippen MR) is 62.4 cm³/mol. The molecule has 94 valence electrons. The monoisotopic (exact) mass is 236 g/mol. The van der Waals surface area contributed by atoms with Gasteiger partial charge >= 0.3 is 0 Å². The zero-order chi connectivity index (χ0) is 12.6. The van der Waals surface area contributed by atoms with Gasteiger partial charge in [0.1, 0.15) is 13.2 Å². The Morgan fingerprint density at radius 3 is 2.24 bits per heavy atom. The maximum absolute atomic E-state index is 8.46. The average molecular weight is 236 g/mol. The van der Waals surface area contributed by atoms with Crippen LogP contribution < -0.4 is 0 Å². The Bertz CT molecular complexity index is 294. The highest BCUT2D eigenvalue weighted by atomic mass is 16.5. The van der Waals surface area contributed by atoms with Crippen LogP contribution >= 0.6 is 0 Å². The molecule has 0 atom stereocenters. The molecule has 1 fully saturated rings. The van der Waals surface area contributed by atoms with Crippen LogP contribution in [0.1, 0.15) is 45.4 Å². The zero-order valence-electron chi connectivity index (χ0n) is 10.4. The van der Waals surface area contributed by atoms with Crippen molar-refractivity contribution in [3.8, 4) is 12.5 Å². The third-order valence-electron chi connectivity index (χ3n) is 3.65. The summed E-state index contributed by atoms with van der Waals surface area (Å²) in [6.07, 6.45) is 10.1. The van der Waals surface area contributed by atoms with E-state index in [1.807, 2.05) is 0 Å². The van der Waals surface area contributed by atoms with Crippen LogP contribution in [0.15, 0.2) is 0 Å². The van der Waals surface area contributed by atoms with E-state index >= 15 is 0 Å². The van der Waals surface area contributed by atoms with Crippen LogP contribution in [0.5, 0.6) is 0 Å². The number of rotatable bonds is 4. The van der Waals surface area contributed by atoms with Gasteiger partial charge in [0.05, 0.1) is 0 Å². The van der Waals surface area contributed by atoms with Crippen molar-refractivity contribution in [2.75, 3.05) is 13.2 Å². The van der Waals surface area contributed by atoms with E-state index in [2.05, 4.69) is 6.92 Å². The minimum Gasteiger partial charge on any atom is -0.427 e. The van der Waals surface area contributed by atoms with Gasteiger partial charge < -0.3 is 9.47 Å². The van der Waals surface area contributed by atoms with Gasteiger partial charge in [0.2, 0.25) is 0 Å². The Morgan fingerprint density at radius 1 is 1.12 bits per heavy atom. The maximum Gasteiger partial charge on any atom is 0.286 e. The minimum atomic E-state index is 0.136. The van der Waals surface area contributed by atoms with Crippen molar-refractivity contribution >= 4 is 0 Å². The zero-order valence-corrected chi connectivity index (χ0v) is 10.4. The fourth-order valence-electron chi connectivity index (χ4n) is 2.58. The van der Waals surface area contributed by atoms with Gasteiger partial charge in [-0.1, -0.05) is 19.8 Å². The van der Waals surface area contributed by atoms with Crippen LogP contribution in [-0.4, -0.2) is 13.2 Å². The molecule has 0 bridgehead atoms. The Hall–Kier alpha value is -1.42. The van der Waals surface area contributed by atoms with E-state index in [0.717, 1.165) is 38.5 Å². The lowest BCUT2D eigenvalue weighted by Gasteiger charge is -2.31. The third kappa shape index (κ3) is 4.95. The smallest absolute Gasteiger partial charge is 0.286 e. The van der Waals surface area contributed by atoms with E-state index in [1.54, 1.807) is 12.5 Å². The third-order valence-corrected chi connectivity index (χ3v) is 3.65. The molecular formula is C13H20N2O2. The van der Waals surface area contributed by atoms with Gasteiger partial charge in [0, 0.05) is 5.41 Å². The maximum atomic E-state index is 8.46. The lowest BCUT2D eigenvalue weighted by atomic mass is 9.76. The molecule has 17 heavy (non-hydrogen) atoms. The van der Waals surface area contributed by atoms with Crippen LogP contribution in [0.25, 0.3) is 0 Å². The second kappa shape index (κ2) is 7.01. The lowest BCUT2D eigenvalue weighted by molar-refractivity contribution is 0.0914. The Morgan fingerprint density at radius 2 is 1.71 bits per heavy atom. The molecule has 1 aliphatic carbocycles. The summed E-state index contributed by atoms with van der Waals surface area (Å²) in [5.74, 6) is 0.510. The molecule has 0 spiro atoms. The number of hydrogen-bond donors (Lipinski definition) is 0. The van der Waals surface area contributed by atoms with Crippen molar-refractivity contribution in [1.82, 2.24) is 0 Å². The Kier molecular flexibility index (Phi) is 5.63. The molecule has 0 aliphatic heterocycles. The Balaban J connectivity index is 2.36. The van der Waals surface area contributed by atoms with Crippen LogP contribution in [0.3, 0.4) is 0 Å². The fraction of sp³-hybridized carbons (Fsp3) is 0.846.